The molecule has 3 fully saturated rings. The summed E-state index contributed by atoms with van der Waals surface area (Å²) in [5.41, 5.74) is 0.424. The fraction of sp³-hybridized carbons (Fsp3) is 0.778. The zero-order chi connectivity index (χ0) is 17.4. The van der Waals surface area contributed by atoms with Crippen molar-refractivity contribution >= 4 is 17.2 Å². The molecule has 0 radical (unpaired) electrons. The maximum absolute atomic E-state index is 12.7. The lowest BCUT2D eigenvalue weighted by Gasteiger charge is -2.37. The highest BCUT2D eigenvalue weighted by Crippen LogP contribution is 2.56. The van der Waals surface area contributed by atoms with Gasteiger partial charge in [-0.15, -0.1) is 11.3 Å². The number of aromatic nitrogens is 1. The minimum absolute atomic E-state index is 0.190. The molecule has 4 rings (SSSR count). The Morgan fingerprint density at radius 3 is 2.92 bits per heavy atom. The fourth-order valence-electron chi connectivity index (χ4n) is 4.44. The second kappa shape index (κ2) is 6.95. The number of rotatable bonds is 4. The number of likely N-dealkylation sites (tertiary alicyclic amines) is 1. The van der Waals surface area contributed by atoms with Gasteiger partial charge in [0.1, 0.15) is 11.1 Å². The summed E-state index contributed by atoms with van der Waals surface area (Å²) < 4.78 is 5.70. The minimum Gasteiger partial charge on any atom is -0.366 e. The summed E-state index contributed by atoms with van der Waals surface area (Å²) in [6.45, 7) is 5.00. The van der Waals surface area contributed by atoms with Crippen molar-refractivity contribution in [3.05, 3.63) is 16.6 Å². The number of carbonyl (C=O) groups is 1. The van der Waals surface area contributed by atoms with Gasteiger partial charge in [-0.3, -0.25) is 9.69 Å². The van der Waals surface area contributed by atoms with Crippen molar-refractivity contribution < 1.29 is 9.53 Å². The molecule has 3 aliphatic rings. The molecule has 1 aromatic rings. The molecule has 1 aromatic heterocycles. The third kappa shape index (κ3) is 3.60. The Morgan fingerprint density at radius 1 is 1.44 bits per heavy atom. The van der Waals surface area contributed by atoms with E-state index in [9.17, 15) is 4.79 Å². The highest BCUT2D eigenvalue weighted by atomic mass is 32.1. The van der Waals surface area contributed by atoms with Gasteiger partial charge in [-0.05, 0) is 38.8 Å². The van der Waals surface area contributed by atoms with Crippen molar-refractivity contribution in [1.82, 2.24) is 19.7 Å². The zero-order valence-corrected chi connectivity index (χ0v) is 16.0. The zero-order valence-electron chi connectivity index (χ0n) is 15.2. The molecule has 1 amide bonds. The molecule has 25 heavy (non-hydrogen) atoms. The van der Waals surface area contributed by atoms with Gasteiger partial charge in [-0.1, -0.05) is 0 Å². The van der Waals surface area contributed by atoms with Crippen LogP contribution in [0, 0.1) is 5.41 Å². The average molecular weight is 365 g/mol. The van der Waals surface area contributed by atoms with Crippen LogP contribution in [-0.4, -0.2) is 84.6 Å². The van der Waals surface area contributed by atoms with Crippen LogP contribution in [0.1, 0.15) is 24.3 Å². The van der Waals surface area contributed by atoms with Crippen LogP contribution in [0.3, 0.4) is 0 Å². The summed E-state index contributed by atoms with van der Waals surface area (Å²) in [7, 11) is 4.27. The topological polar surface area (TPSA) is 48.9 Å². The van der Waals surface area contributed by atoms with E-state index in [4.69, 9.17) is 4.74 Å². The molecule has 1 spiro atoms. The number of likely N-dealkylation sites (N-methyl/N-ethyl adjacent to an activating group) is 1. The molecule has 138 valence electrons. The maximum atomic E-state index is 12.7. The van der Waals surface area contributed by atoms with E-state index in [1.54, 1.807) is 11.3 Å². The highest BCUT2D eigenvalue weighted by Gasteiger charge is 2.57. The van der Waals surface area contributed by atoms with Crippen molar-refractivity contribution in [2.75, 3.05) is 46.9 Å². The summed E-state index contributed by atoms with van der Waals surface area (Å²) in [5.74, 6) is 0.190. The van der Waals surface area contributed by atoms with Crippen LogP contribution in [0.5, 0.6) is 0 Å². The summed E-state index contributed by atoms with van der Waals surface area (Å²) in [6, 6.07) is 0.644. The monoisotopic (exact) mass is 364 g/mol. The SMILES string of the molecule is CN1CCO[C@H](C(=O)N2CCC3(CC2)C[C@@H]3N(C)Cc2nccs2)C1. The highest BCUT2D eigenvalue weighted by molar-refractivity contribution is 7.09. The molecule has 2 aliphatic heterocycles. The number of ether oxygens (including phenoxy) is 1. The van der Waals surface area contributed by atoms with Crippen molar-refractivity contribution in [3.63, 3.8) is 0 Å². The maximum Gasteiger partial charge on any atom is 0.253 e. The normalized spacial score (nSPS) is 29.3. The summed E-state index contributed by atoms with van der Waals surface area (Å²) >= 11 is 1.73. The molecule has 3 heterocycles. The van der Waals surface area contributed by atoms with E-state index in [0.717, 1.165) is 45.6 Å². The van der Waals surface area contributed by atoms with Crippen molar-refractivity contribution in [2.45, 2.75) is 38.0 Å². The van der Waals surface area contributed by atoms with Crippen LogP contribution >= 0.6 is 11.3 Å². The Labute approximate surface area is 153 Å². The van der Waals surface area contributed by atoms with E-state index >= 15 is 0 Å². The Morgan fingerprint density at radius 2 is 2.24 bits per heavy atom. The number of morpholine rings is 1. The van der Waals surface area contributed by atoms with Crippen LogP contribution in [0.4, 0.5) is 0 Å². The number of hydrogen-bond donors (Lipinski definition) is 0. The standard InChI is InChI=1S/C18H28N4O2S/c1-20-8-9-24-14(12-20)17(23)22-6-3-18(4-7-22)11-15(18)21(2)13-16-19-5-10-25-16/h5,10,14-15H,3-4,6-9,11-13H2,1-2H3/t14-,15-/m0/s1. The van der Waals surface area contributed by atoms with Gasteiger partial charge in [0.05, 0.1) is 13.2 Å². The smallest absolute Gasteiger partial charge is 0.253 e. The average Bonchev–Trinajstić information content (AvgIpc) is 3.06. The molecule has 7 heteroatoms. The van der Waals surface area contributed by atoms with E-state index < -0.39 is 0 Å². The molecule has 1 saturated carbocycles. The number of carbonyl (C=O) groups excluding carboxylic acids is 1. The summed E-state index contributed by atoms with van der Waals surface area (Å²) in [4.78, 5) is 23.8. The van der Waals surface area contributed by atoms with E-state index in [-0.39, 0.29) is 12.0 Å². The Balaban J connectivity index is 1.28. The first-order valence-corrected chi connectivity index (χ1v) is 10.1. The van der Waals surface area contributed by atoms with Crippen LogP contribution in [0.2, 0.25) is 0 Å². The number of nitrogens with zero attached hydrogens (tertiary/aromatic N) is 4. The van der Waals surface area contributed by atoms with Gasteiger partial charge in [-0.2, -0.15) is 0 Å². The first-order valence-electron chi connectivity index (χ1n) is 9.25. The van der Waals surface area contributed by atoms with Crippen LogP contribution in [0.25, 0.3) is 0 Å². The van der Waals surface area contributed by atoms with Gasteiger partial charge in [0.2, 0.25) is 0 Å². The lowest BCUT2D eigenvalue weighted by Crippen LogP contribution is -2.52. The molecular formula is C18H28N4O2S. The molecule has 2 atom stereocenters. The van der Waals surface area contributed by atoms with Gasteiger partial charge in [-0.25, -0.2) is 4.98 Å². The number of thiazole rings is 1. The van der Waals surface area contributed by atoms with Crippen LogP contribution in [-0.2, 0) is 16.1 Å². The van der Waals surface area contributed by atoms with Gasteiger partial charge >= 0.3 is 0 Å². The van der Waals surface area contributed by atoms with Gasteiger partial charge < -0.3 is 14.5 Å². The summed E-state index contributed by atoms with van der Waals surface area (Å²) in [5, 5.41) is 3.23. The van der Waals surface area contributed by atoms with Crippen LogP contribution in [0.15, 0.2) is 11.6 Å². The van der Waals surface area contributed by atoms with E-state index in [2.05, 4.69) is 28.9 Å². The fourth-order valence-corrected chi connectivity index (χ4v) is 5.12. The van der Waals surface area contributed by atoms with Gasteiger partial charge in [0.15, 0.2) is 0 Å². The first kappa shape index (κ1) is 17.4. The molecule has 2 saturated heterocycles. The predicted octanol–water partition coefficient (Wildman–Crippen LogP) is 1.29. The molecule has 0 unspecified atom stereocenters. The molecule has 0 aromatic carbocycles. The van der Waals surface area contributed by atoms with Crippen LogP contribution < -0.4 is 0 Å². The molecule has 6 nitrogen and oxygen atoms in total. The van der Waals surface area contributed by atoms with E-state index in [1.165, 1.54) is 11.4 Å². The number of amides is 1. The third-order valence-corrected chi connectivity index (χ3v) is 6.93. The first-order chi connectivity index (χ1) is 12.1. The van der Waals surface area contributed by atoms with Gasteiger partial charge in [0, 0.05) is 43.8 Å². The molecule has 1 aliphatic carbocycles. The van der Waals surface area contributed by atoms with Crippen molar-refractivity contribution in [3.8, 4) is 0 Å². The second-order valence-electron chi connectivity index (χ2n) is 7.87. The predicted molar refractivity (Wildman–Crippen MR) is 97.5 cm³/mol. The minimum atomic E-state index is -0.268. The molecule has 0 bridgehead atoms. The van der Waals surface area contributed by atoms with Gasteiger partial charge in [0.25, 0.3) is 5.91 Å². The Bertz CT molecular complexity index is 600. The second-order valence-corrected chi connectivity index (χ2v) is 8.85. The Hall–Kier alpha value is -1.02. The Kier molecular flexibility index (Phi) is 4.83. The number of hydrogen-bond acceptors (Lipinski definition) is 6. The molecular weight excluding hydrogens is 336 g/mol. The molecule has 0 N–H and O–H groups in total. The lowest BCUT2D eigenvalue weighted by molar-refractivity contribution is -0.150. The van der Waals surface area contributed by atoms with E-state index in [1.807, 2.05) is 16.5 Å². The number of piperidine rings is 1. The quantitative estimate of drug-likeness (QED) is 0.806. The summed E-state index contributed by atoms with van der Waals surface area (Å²) in [6.07, 6.45) is 5.11. The third-order valence-electron chi connectivity index (χ3n) is 6.16. The van der Waals surface area contributed by atoms with Crippen molar-refractivity contribution in [1.29, 1.82) is 0 Å². The van der Waals surface area contributed by atoms with Crippen molar-refractivity contribution in [2.24, 2.45) is 5.41 Å². The largest absolute Gasteiger partial charge is 0.366 e. The van der Waals surface area contributed by atoms with E-state index in [0.29, 0.717) is 18.1 Å². The lowest BCUT2D eigenvalue weighted by atomic mass is 9.92.